The Morgan fingerprint density at radius 2 is 1.61 bits per heavy atom. The number of aromatic amines is 1. The summed E-state index contributed by atoms with van der Waals surface area (Å²) in [5.41, 5.74) is 6.24. The Kier molecular flexibility index (Phi) is 14.8. The summed E-state index contributed by atoms with van der Waals surface area (Å²) in [5.74, 6) is -5.19. The first-order valence-corrected chi connectivity index (χ1v) is 13.5. The highest BCUT2D eigenvalue weighted by Gasteiger charge is 2.30. The maximum absolute atomic E-state index is 12.7. The van der Waals surface area contributed by atoms with Crippen molar-refractivity contribution in [3.8, 4) is 0 Å². The van der Waals surface area contributed by atoms with Crippen LogP contribution in [0.2, 0.25) is 0 Å². The average molecular weight is 601 g/mol. The number of aromatic nitrogens is 2. The number of aliphatic hydroxyl groups excluding tert-OH is 1. The summed E-state index contributed by atoms with van der Waals surface area (Å²) in [6, 6.07) is -5.97. The fraction of sp³-hybridized carbons (Fsp3) is 0.625. The molecule has 10 N–H and O–H groups in total. The summed E-state index contributed by atoms with van der Waals surface area (Å²) < 4.78 is 0. The van der Waals surface area contributed by atoms with Gasteiger partial charge in [-0.1, -0.05) is 13.8 Å². The van der Waals surface area contributed by atoms with Crippen LogP contribution in [0.1, 0.15) is 39.8 Å². The lowest BCUT2D eigenvalue weighted by Crippen LogP contribution is -2.59. The van der Waals surface area contributed by atoms with E-state index in [1.54, 1.807) is 0 Å². The zero-order chi connectivity index (χ0) is 31.3. The molecular formula is C24H40N8O8S. The van der Waals surface area contributed by atoms with Crippen LogP contribution < -0.4 is 32.3 Å². The molecule has 6 unspecified atom stereocenters. The van der Waals surface area contributed by atoms with Gasteiger partial charge in [-0.05, 0) is 26.2 Å². The smallest absolute Gasteiger partial charge is 0.327 e. The van der Waals surface area contributed by atoms with Gasteiger partial charge in [0.2, 0.25) is 29.5 Å². The van der Waals surface area contributed by atoms with Crippen LogP contribution in [0, 0.1) is 5.92 Å². The van der Waals surface area contributed by atoms with E-state index in [4.69, 9.17) is 5.73 Å². The molecule has 230 valence electrons. The largest absolute Gasteiger partial charge is 0.480 e. The highest BCUT2D eigenvalue weighted by molar-refractivity contribution is 7.80. The van der Waals surface area contributed by atoms with Crippen LogP contribution in [0.25, 0.3) is 0 Å². The van der Waals surface area contributed by atoms with E-state index in [0.717, 1.165) is 0 Å². The second-order valence-electron chi connectivity index (χ2n) is 9.88. The Labute approximate surface area is 242 Å². The average Bonchev–Trinajstić information content (AvgIpc) is 3.40. The predicted molar refractivity (Wildman–Crippen MR) is 149 cm³/mol. The molecule has 5 amide bonds. The summed E-state index contributed by atoms with van der Waals surface area (Å²) >= 11 is 3.90. The van der Waals surface area contributed by atoms with Gasteiger partial charge in [0, 0.05) is 18.4 Å². The van der Waals surface area contributed by atoms with Gasteiger partial charge in [-0.2, -0.15) is 12.6 Å². The number of carbonyl (C=O) groups excluding carboxylic acids is 5. The van der Waals surface area contributed by atoms with Crippen molar-refractivity contribution in [3.05, 3.63) is 18.2 Å². The number of aliphatic carboxylic acids is 1. The van der Waals surface area contributed by atoms with Crippen molar-refractivity contribution in [1.29, 1.82) is 0 Å². The summed E-state index contributed by atoms with van der Waals surface area (Å²) in [6.45, 7) is 5.78. The third-order valence-electron chi connectivity index (χ3n) is 5.72. The number of imidazole rings is 1. The van der Waals surface area contributed by atoms with Crippen LogP contribution in [0.5, 0.6) is 0 Å². The van der Waals surface area contributed by atoms with Crippen LogP contribution >= 0.6 is 12.6 Å². The number of rotatable bonds is 17. The number of nitrogens with two attached hydrogens (primary N) is 1. The molecule has 1 rings (SSSR count). The first-order chi connectivity index (χ1) is 19.2. The van der Waals surface area contributed by atoms with Gasteiger partial charge in [-0.3, -0.25) is 24.0 Å². The molecular weight excluding hydrogens is 560 g/mol. The molecule has 1 aromatic heterocycles. The van der Waals surface area contributed by atoms with Gasteiger partial charge in [-0.25, -0.2) is 9.78 Å². The van der Waals surface area contributed by atoms with E-state index >= 15 is 0 Å². The van der Waals surface area contributed by atoms with E-state index in [2.05, 4.69) is 49.2 Å². The molecule has 0 saturated heterocycles. The lowest BCUT2D eigenvalue weighted by Gasteiger charge is -2.25. The Morgan fingerprint density at radius 1 is 0.951 bits per heavy atom. The zero-order valence-electron chi connectivity index (χ0n) is 23.3. The minimum atomic E-state index is -1.38. The molecule has 0 aliphatic heterocycles. The molecule has 0 bridgehead atoms. The minimum Gasteiger partial charge on any atom is -0.480 e. The van der Waals surface area contributed by atoms with Crippen molar-refractivity contribution in [2.45, 2.75) is 76.8 Å². The molecule has 17 heteroatoms. The van der Waals surface area contributed by atoms with E-state index in [0.29, 0.717) is 12.1 Å². The SMILES string of the molecule is CC(C)CC(N)C(=O)NC(C(=O)NC(C)C(=O)NCC(=O)NC(Cc1c[nH]cn1)C(=O)NC(CS)C(=O)O)C(C)O. The summed E-state index contributed by atoms with van der Waals surface area (Å²) in [5, 5.41) is 30.9. The monoisotopic (exact) mass is 600 g/mol. The number of nitrogens with one attached hydrogen (secondary N) is 6. The Balaban J connectivity index is 2.74. The summed E-state index contributed by atoms with van der Waals surface area (Å²) in [4.78, 5) is 80.7. The predicted octanol–water partition coefficient (Wildman–Crippen LogP) is -3.20. The van der Waals surface area contributed by atoms with Gasteiger partial charge < -0.3 is 47.5 Å². The van der Waals surface area contributed by atoms with E-state index in [1.165, 1.54) is 26.4 Å². The third-order valence-corrected chi connectivity index (χ3v) is 6.08. The molecule has 0 saturated carbocycles. The van der Waals surface area contributed by atoms with Crippen molar-refractivity contribution in [1.82, 2.24) is 36.6 Å². The lowest BCUT2D eigenvalue weighted by molar-refractivity contribution is -0.141. The number of thiol groups is 1. The molecule has 0 spiro atoms. The third kappa shape index (κ3) is 12.6. The van der Waals surface area contributed by atoms with Gasteiger partial charge in [0.25, 0.3) is 0 Å². The number of H-pyrrole nitrogens is 1. The molecule has 41 heavy (non-hydrogen) atoms. The molecule has 0 aliphatic carbocycles. The number of carbonyl (C=O) groups is 6. The Hall–Kier alpha value is -3.70. The molecule has 16 nitrogen and oxygen atoms in total. The lowest BCUT2D eigenvalue weighted by atomic mass is 10.0. The number of carboxylic acids is 1. The Bertz CT molecular complexity index is 1050. The maximum Gasteiger partial charge on any atom is 0.327 e. The second kappa shape index (κ2) is 17.2. The number of carboxylic acid groups (broad SMARTS) is 1. The number of nitrogens with zero attached hydrogens (tertiary/aromatic N) is 1. The quantitative estimate of drug-likeness (QED) is 0.0801. The topological polar surface area (TPSA) is 258 Å². The molecule has 6 atom stereocenters. The minimum absolute atomic E-state index is 0.0757. The summed E-state index contributed by atoms with van der Waals surface area (Å²) in [6.07, 6.45) is 1.84. The zero-order valence-corrected chi connectivity index (χ0v) is 24.2. The number of amides is 5. The molecule has 0 aromatic carbocycles. The van der Waals surface area contributed by atoms with E-state index < -0.39 is 78.4 Å². The number of hydrogen-bond donors (Lipinski definition) is 10. The first kappa shape index (κ1) is 35.3. The summed E-state index contributed by atoms with van der Waals surface area (Å²) in [7, 11) is 0. The van der Waals surface area contributed by atoms with Gasteiger partial charge in [-0.15, -0.1) is 0 Å². The molecule has 1 heterocycles. The van der Waals surface area contributed by atoms with E-state index in [9.17, 15) is 39.0 Å². The van der Waals surface area contributed by atoms with E-state index in [-0.39, 0.29) is 18.1 Å². The maximum atomic E-state index is 12.7. The van der Waals surface area contributed by atoms with Crippen molar-refractivity contribution < 1.29 is 39.0 Å². The fourth-order valence-corrected chi connectivity index (χ4v) is 3.74. The Morgan fingerprint density at radius 3 is 2.12 bits per heavy atom. The van der Waals surface area contributed by atoms with Crippen LogP contribution in [0.3, 0.4) is 0 Å². The standard InChI is InChI=1S/C24H40N8O8S/c1-11(2)5-15(25)21(36)32-19(13(4)33)23(38)29-12(3)20(35)27-8-18(34)30-16(6-14-7-26-10-28-14)22(37)31-17(9-41)24(39)40/h7,10-13,15-17,19,33,41H,5-6,8-9,25H2,1-4H3,(H,26,28)(H,27,35)(H,29,38)(H,30,34)(H,31,37)(H,32,36)(H,39,40). The molecule has 0 aliphatic rings. The number of hydrogen-bond acceptors (Lipinski definition) is 10. The van der Waals surface area contributed by atoms with Crippen molar-refractivity contribution in [2.75, 3.05) is 12.3 Å². The normalized spacial score (nSPS) is 15.4. The van der Waals surface area contributed by atoms with Crippen LogP contribution in [-0.2, 0) is 35.2 Å². The molecule has 0 fully saturated rings. The second-order valence-corrected chi connectivity index (χ2v) is 10.2. The molecule has 0 radical (unpaired) electrons. The molecule has 1 aromatic rings. The van der Waals surface area contributed by atoms with Gasteiger partial charge in [0.05, 0.1) is 30.7 Å². The van der Waals surface area contributed by atoms with Gasteiger partial charge >= 0.3 is 5.97 Å². The van der Waals surface area contributed by atoms with Gasteiger partial charge in [0.15, 0.2) is 0 Å². The number of aliphatic hydroxyl groups is 1. The highest BCUT2D eigenvalue weighted by Crippen LogP contribution is 2.04. The van der Waals surface area contributed by atoms with E-state index in [1.807, 2.05) is 13.8 Å². The van der Waals surface area contributed by atoms with Crippen molar-refractivity contribution in [3.63, 3.8) is 0 Å². The van der Waals surface area contributed by atoms with Crippen LogP contribution in [0.15, 0.2) is 12.5 Å². The first-order valence-electron chi connectivity index (χ1n) is 12.9. The van der Waals surface area contributed by atoms with Crippen molar-refractivity contribution >= 4 is 48.1 Å². The van der Waals surface area contributed by atoms with Crippen molar-refractivity contribution in [2.24, 2.45) is 11.7 Å². The van der Waals surface area contributed by atoms with Gasteiger partial charge in [0.1, 0.15) is 24.2 Å². The highest BCUT2D eigenvalue weighted by atomic mass is 32.1. The van der Waals surface area contributed by atoms with Crippen LogP contribution in [-0.4, -0.2) is 104 Å². The fourth-order valence-electron chi connectivity index (χ4n) is 3.49. The van der Waals surface area contributed by atoms with Crippen LogP contribution in [0.4, 0.5) is 0 Å².